The first kappa shape index (κ1) is 22.7. The van der Waals surface area contributed by atoms with Gasteiger partial charge in [0.25, 0.3) is 5.91 Å². The maximum Gasteiger partial charge on any atom is 0.295 e. The summed E-state index contributed by atoms with van der Waals surface area (Å²) in [6, 6.07) is 19.6. The van der Waals surface area contributed by atoms with E-state index in [9.17, 15) is 9.59 Å². The Labute approximate surface area is 203 Å². The first-order valence-electron chi connectivity index (χ1n) is 11.8. The molecule has 1 aliphatic rings. The van der Waals surface area contributed by atoms with E-state index in [2.05, 4.69) is 6.92 Å². The number of aryl methyl sites for hydroxylation is 1. The summed E-state index contributed by atoms with van der Waals surface area (Å²) in [5.74, 6) is 1.08. The van der Waals surface area contributed by atoms with Crippen LogP contribution < -0.4 is 19.8 Å². The van der Waals surface area contributed by atoms with Crippen molar-refractivity contribution >= 4 is 22.6 Å². The molecule has 0 radical (unpaired) electrons. The normalized spacial score (nSPS) is 14.9. The average Bonchev–Trinajstić information content (AvgIpc) is 3.17. The van der Waals surface area contributed by atoms with Crippen LogP contribution in [0.15, 0.2) is 75.9 Å². The summed E-state index contributed by atoms with van der Waals surface area (Å²) in [6.45, 7) is 4.69. The SMILES string of the molecule is CCCCOc1ccc(C2c3c(oc4ccc(C)cc4c3=O)C(=O)N2c2cccc(OC)c2)cc1. The van der Waals surface area contributed by atoms with E-state index < -0.39 is 6.04 Å². The number of hydrogen-bond acceptors (Lipinski definition) is 5. The van der Waals surface area contributed by atoms with Gasteiger partial charge in [0.1, 0.15) is 17.1 Å². The molecule has 1 atom stereocenters. The maximum atomic E-state index is 13.8. The second-order valence-electron chi connectivity index (χ2n) is 8.72. The highest BCUT2D eigenvalue weighted by atomic mass is 16.5. The first-order valence-corrected chi connectivity index (χ1v) is 11.8. The fourth-order valence-electron chi connectivity index (χ4n) is 4.51. The fourth-order valence-corrected chi connectivity index (χ4v) is 4.51. The zero-order valence-corrected chi connectivity index (χ0v) is 20.0. The summed E-state index contributed by atoms with van der Waals surface area (Å²) < 4.78 is 17.3. The van der Waals surface area contributed by atoms with Gasteiger partial charge in [-0.2, -0.15) is 0 Å². The lowest BCUT2D eigenvalue weighted by Gasteiger charge is -2.25. The highest BCUT2D eigenvalue weighted by Gasteiger charge is 2.43. The number of fused-ring (bicyclic) bond motifs is 2. The molecule has 178 valence electrons. The van der Waals surface area contributed by atoms with Gasteiger partial charge in [0.2, 0.25) is 5.76 Å². The minimum absolute atomic E-state index is 0.0717. The third-order valence-electron chi connectivity index (χ3n) is 6.32. The molecule has 1 amide bonds. The van der Waals surface area contributed by atoms with Gasteiger partial charge < -0.3 is 13.9 Å². The molecule has 1 unspecified atom stereocenters. The predicted octanol–water partition coefficient (Wildman–Crippen LogP) is 6.04. The van der Waals surface area contributed by atoms with Crippen LogP contribution in [0.5, 0.6) is 11.5 Å². The van der Waals surface area contributed by atoms with Crippen molar-refractivity contribution in [1.29, 1.82) is 0 Å². The van der Waals surface area contributed by atoms with Crippen LogP contribution in [0.1, 0.15) is 53.1 Å². The zero-order chi connectivity index (χ0) is 24.5. The van der Waals surface area contributed by atoms with Crippen molar-refractivity contribution < 1.29 is 18.7 Å². The van der Waals surface area contributed by atoms with Crippen LogP contribution in [0.3, 0.4) is 0 Å². The lowest BCUT2D eigenvalue weighted by atomic mass is 9.97. The van der Waals surface area contributed by atoms with Gasteiger partial charge in [-0.05, 0) is 55.3 Å². The van der Waals surface area contributed by atoms with Crippen molar-refractivity contribution in [3.63, 3.8) is 0 Å². The van der Waals surface area contributed by atoms with Gasteiger partial charge in [-0.15, -0.1) is 0 Å². The number of ether oxygens (including phenoxy) is 2. The monoisotopic (exact) mass is 469 g/mol. The minimum Gasteiger partial charge on any atom is -0.497 e. The molecule has 3 aromatic carbocycles. The third-order valence-corrected chi connectivity index (χ3v) is 6.32. The Hall–Kier alpha value is -4.06. The molecule has 0 spiro atoms. The number of methoxy groups -OCH3 is 1. The van der Waals surface area contributed by atoms with E-state index in [4.69, 9.17) is 13.9 Å². The Bertz CT molecular complexity index is 1450. The van der Waals surface area contributed by atoms with E-state index in [1.54, 1.807) is 24.1 Å². The van der Waals surface area contributed by atoms with Gasteiger partial charge in [0.05, 0.1) is 30.7 Å². The first-order chi connectivity index (χ1) is 17.0. The lowest BCUT2D eigenvalue weighted by molar-refractivity contribution is 0.0971. The topological polar surface area (TPSA) is 69.0 Å². The van der Waals surface area contributed by atoms with Crippen LogP contribution in [-0.2, 0) is 0 Å². The molecule has 0 N–H and O–H groups in total. The molecular formula is C29H27NO5. The molecular weight excluding hydrogens is 442 g/mol. The number of rotatable bonds is 7. The summed E-state index contributed by atoms with van der Waals surface area (Å²) in [5.41, 5.74) is 2.91. The Balaban J connectivity index is 1.68. The number of anilines is 1. The molecule has 0 aliphatic carbocycles. The highest BCUT2D eigenvalue weighted by molar-refractivity contribution is 6.10. The second kappa shape index (κ2) is 9.29. The number of carbonyl (C=O) groups excluding carboxylic acids is 1. The number of carbonyl (C=O) groups is 1. The maximum absolute atomic E-state index is 13.8. The molecule has 0 saturated carbocycles. The van der Waals surface area contributed by atoms with E-state index >= 15 is 0 Å². The number of hydrogen-bond donors (Lipinski definition) is 0. The van der Waals surface area contributed by atoms with E-state index in [1.165, 1.54) is 0 Å². The van der Waals surface area contributed by atoms with E-state index in [-0.39, 0.29) is 17.1 Å². The van der Waals surface area contributed by atoms with Crippen LogP contribution in [0, 0.1) is 6.92 Å². The van der Waals surface area contributed by atoms with Crippen molar-refractivity contribution in [3.8, 4) is 11.5 Å². The zero-order valence-electron chi connectivity index (χ0n) is 20.0. The smallest absolute Gasteiger partial charge is 0.295 e. The summed E-state index contributed by atoms with van der Waals surface area (Å²) in [7, 11) is 1.58. The number of nitrogens with zero attached hydrogens (tertiary/aromatic N) is 1. The summed E-state index contributed by atoms with van der Waals surface area (Å²) in [6.07, 6.45) is 2.03. The van der Waals surface area contributed by atoms with Crippen LogP contribution in [-0.4, -0.2) is 19.6 Å². The van der Waals surface area contributed by atoms with Gasteiger partial charge in [-0.3, -0.25) is 14.5 Å². The van der Waals surface area contributed by atoms with Crippen molar-refractivity contribution in [2.75, 3.05) is 18.6 Å². The van der Waals surface area contributed by atoms with Crippen molar-refractivity contribution in [3.05, 3.63) is 99.4 Å². The molecule has 6 heteroatoms. The second-order valence-corrected chi connectivity index (χ2v) is 8.72. The van der Waals surface area contributed by atoms with Crippen LogP contribution in [0.25, 0.3) is 11.0 Å². The van der Waals surface area contributed by atoms with Crippen LogP contribution >= 0.6 is 0 Å². The quantitative estimate of drug-likeness (QED) is 0.309. The molecule has 6 nitrogen and oxygen atoms in total. The van der Waals surface area contributed by atoms with E-state index in [0.717, 1.165) is 29.7 Å². The van der Waals surface area contributed by atoms with Gasteiger partial charge in [0.15, 0.2) is 5.43 Å². The van der Waals surface area contributed by atoms with E-state index in [1.807, 2.05) is 61.5 Å². The summed E-state index contributed by atoms with van der Waals surface area (Å²) in [5, 5.41) is 0.466. The van der Waals surface area contributed by atoms with Gasteiger partial charge >= 0.3 is 0 Å². The molecule has 1 aliphatic heterocycles. The molecule has 0 fully saturated rings. The molecule has 0 bridgehead atoms. The lowest BCUT2D eigenvalue weighted by Crippen LogP contribution is -2.29. The summed E-state index contributed by atoms with van der Waals surface area (Å²) >= 11 is 0. The van der Waals surface area contributed by atoms with Crippen molar-refractivity contribution in [2.45, 2.75) is 32.7 Å². The predicted molar refractivity (Wildman–Crippen MR) is 136 cm³/mol. The van der Waals surface area contributed by atoms with Crippen LogP contribution in [0.2, 0.25) is 0 Å². The van der Waals surface area contributed by atoms with Gasteiger partial charge in [-0.25, -0.2) is 0 Å². The molecule has 5 rings (SSSR count). The Morgan fingerprint density at radius 1 is 0.971 bits per heavy atom. The standard InChI is InChI=1S/C29H27NO5/c1-4-5-15-34-21-12-10-19(11-13-21)26-25-27(31)23-16-18(2)9-14-24(23)35-28(25)29(32)30(26)20-7-6-8-22(17-20)33-3/h6-14,16-17,26H,4-5,15H2,1-3H3. The Morgan fingerprint density at radius 2 is 1.77 bits per heavy atom. The Morgan fingerprint density at radius 3 is 2.51 bits per heavy atom. The molecule has 4 aromatic rings. The third kappa shape index (κ3) is 4.05. The molecule has 2 heterocycles. The number of benzene rings is 3. The van der Waals surface area contributed by atoms with Gasteiger partial charge in [-0.1, -0.05) is 43.2 Å². The van der Waals surface area contributed by atoms with E-state index in [0.29, 0.717) is 34.6 Å². The molecule has 35 heavy (non-hydrogen) atoms. The van der Waals surface area contributed by atoms with Crippen molar-refractivity contribution in [2.24, 2.45) is 0 Å². The molecule has 0 saturated heterocycles. The van der Waals surface area contributed by atoms with Crippen molar-refractivity contribution in [1.82, 2.24) is 0 Å². The number of unbranched alkanes of at least 4 members (excludes halogenated alkanes) is 1. The number of amides is 1. The largest absolute Gasteiger partial charge is 0.497 e. The van der Waals surface area contributed by atoms with Crippen LogP contribution in [0.4, 0.5) is 5.69 Å². The summed E-state index contributed by atoms with van der Waals surface area (Å²) in [4.78, 5) is 29.1. The van der Waals surface area contributed by atoms with Gasteiger partial charge in [0, 0.05) is 11.8 Å². The molecule has 1 aromatic heterocycles. The highest BCUT2D eigenvalue weighted by Crippen LogP contribution is 2.42. The fraction of sp³-hybridized carbons (Fsp3) is 0.241. The average molecular weight is 470 g/mol. The Kier molecular flexibility index (Phi) is 6.03. The minimum atomic E-state index is -0.643.